The molecule has 0 spiro atoms. The molecule has 2 rings (SSSR count). The highest BCUT2D eigenvalue weighted by Crippen LogP contribution is 2.25. The number of amides is 1. The Hall–Kier alpha value is -2.24. The fourth-order valence-corrected chi connectivity index (χ4v) is 1.68. The minimum Gasteiger partial charge on any atom is -0.347 e. The summed E-state index contributed by atoms with van der Waals surface area (Å²) in [7, 11) is 1.68. The molecule has 0 radical (unpaired) electrons. The maximum atomic E-state index is 13.1. The number of hydrogen-bond acceptors (Lipinski definition) is 1. The number of benzene rings is 1. The Morgan fingerprint density at radius 1 is 1.32 bits per heavy atom. The quantitative estimate of drug-likeness (QED) is 0.910. The van der Waals surface area contributed by atoms with Gasteiger partial charge in [0, 0.05) is 18.9 Å². The molecular formula is C13H11F3N2O. The highest BCUT2D eigenvalue weighted by Gasteiger charge is 2.15. The van der Waals surface area contributed by atoms with Gasteiger partial charge in [0.15, 0.2) is 0 Å². The molecule has 1 aromatic carbocycles. The van der Waals surface area contributed by atoms with Gasteiger partial charge in [0.1, 0.15) is 11.5 Å². The van der Waals surface area contributed by atoms with Gasteiger partial charge in [-0.3, -0.25) is 4.79 Å². The van der Waals surface area contributed by atoms with Crippen molar-refractivity contribution in [1.82, 2.24) is 4.57 Å². The van der Waals surface area contributed by atoms with Gasteiger partial charge in [-0.2, -0.15) is 0 Å². The molecule has 2 aromatic rings. The van der Waals surface area contributed by atoms with E-state index < -0.39 is 23.7 Å². The van der Waals surface area contributed by atoms with Gasteiger partial charge in [-0.15, -0.1) is 0 Å². The van der Waals surface area contributed by atoms with E-state index in [0.717, 1.165) is 12.1 Å². The van der Waals surface area contributed by atoms with Crippen LogP contribution < -0.4 is 5.32 Å². The van der Waals surface area contributed by atoms with Crippen molar-refractivity contribution in [1.29, 1.82) is 0 Å². The van der Waals surface area contributed by atoms with Gasteiger partial charge < -0.3 is 9.88 Å². The second-order valence-electron chi connectivity index (χ2n) is 4.00. The summed E-state index contributed by atoms with van der Waals surface area (Å²) in [6.45, 7) is 0. The van der Waals surface area contributed by atoms with Crippen LogP contribution >= 0.6 is 0 Å². The number of aromatic nitrogens is 1. The molecule has 0 bridgehead atoms. The summed E-state index contributed by atoms with van der Waals surface area (Å²) < 4.78 is 39.7. The standard InChI is InChI=1S/C13H11F3N2O/c1-18-6-2-3-11(18)13(19)17-8-4-5-10(14)9(7-8)12(15)16/h2-7,12H,1H3,(H,17,19). The Morgan fingerprint density at radius 2 is 2.05 bits per heavy atom. The van der Waals surface area contributed by atoms with E-state index in [9.17, 15) is 18.0 Å². The van der Waals surface area contributed by atoms with E-state index in [2.05, 4.69) is 5.32 Å². The molecule has 1 heterocycles. The molecule has 6 heteroatoms. The first kappa shape index (κ1) is 13.2. The zero-order valence-electron chi connectivity index (χ0n) is 10.0. The fraction of sp³-hybridized carbons (Fsp3) is 0.154. The highest BCUT2D eigenvalue weighted by atomic mass is 19.3. The van der Waals surface area contributed by atoms with E-state index >= 15 is 0 Å². The second-order valence-corrected chi connectivity index (χ2v) is 4.00. The van der Waals surface area contributed by atoms with Gasteiger partial charge in [0.05, 0.1) is 5.56 Å². The molecule has 3 nitrogen and oxygen atoms in total. The van der Waals surface area contributed by atoms with Gasteiger partial charge >= 0.3 is 0 Å². The number of carbonyl (C=O) groups is 1. The van der Waals surface area contributed by atoms with E-state index in [1.165, 1.54) is 6.07 Å². The number of nitrogens with one attached hydrogen (secondary N) is 1. The van der Waals surface area contributed by atoms with E-state index in [1.807, 2.05) is 0 Å². The maximum absolute atomic E-state index is 13.1. The molecule has 0 unspecified atom stereocenters. The zero-order valence-corrected chi connectivity index (χ0v) is 10.0. The van der Waals surface area contributed by atoms with E-state index in [0.29, 0.717) is 5.69 Å². The van der Waals surface area contributed by atoms with Gasteiger partial charge in [-0.25, -0.2) is 13.2 Å². The number of halogens is 3. The van der Waals surface area contributed by atoms with Crippen LogP contribution in [-0.4, -0.2) is 10.5 Å². The molecule has 1 aromatic heterocycles. The number of hydrogen-bond donors (Lipinski definition) is 1. The maximum Gasteiger partial charge on any atom is 0.272 e. The molecular weight excluding hydrogens is 257 g/mol. The first-order chi connectivity index (χ1) is 8.99. The smallest absolute Gasteiger partial charge is 0.272 e. The lowest BCUT2D eigenvalue weighted by Gasteiger charge is -2.08. The van der Waals surface area contributed by atoms with Crippen LogP contribution in [0.15, 0.2) is 36.5 Å². The lowest BCUT2D eigenvalue weighted by atomic mass is 10.2. The third-order valence-corrected chi connectivity index (χ3v) is 2.67. The Balaban J connectivity index is 2.22. The number of nitrogens with zero attached hydrogens (tertiary/aromatic N) is 1. The first-order valence-electron chi connectivity index (χ1n) is 5.49. The molecule has 19 heavy (non-hydrogen) atoms. The van der Waals surface area contributed by atoms with Crippen LogP contribution in [0.1, 0.15) is 22.5 Å². The lowest BCUT2D eigenvalue weighted by molar-refractivity contribution is 0.101. The van der Waals surface area contributed by atoms with Crippen molar-refractivity contribution < 1.29 is 18.0 Å². The number of aryl methyl sites for hydroxylation is 1. The predicted molar refractivity (Wildman–Crippen MR) is 64.7 cm³/mol. The molecule has 1 N–H and O–H groups in total. The van der Waals surface area contributed by atoms with Crippen LogP contribution in [0.2, 0.25) is 0 Å². The normalized spacial score (nSPS) is 10.8. The van der Waals surface area contributed by atoms with Gasteiger partial charge in [0.25, 0.3) is 12.3 Å². The van der Waals surface area contributed by atoms with Crippen LogP contribution in [0.4, 0.5) is 18.9 Å². The van der Waals surface area contributed by atoms with Crippen molar-refractivity contribution in [3.05, 3.63) is 53.6 Å². The summed E-state index contributed by atoms with van der Waals surface area (Å²) in [4.78, 5) is 11.8. The van der Waals surface area contributed by atoms with Crippen LogP contribution in [-0.2, 0) is 7.05 Å². The summed E-state index contributed by atoms with van der Waals surface area (Å²) in [6, 6.07) is 6.35. The number of anilines is 1. The molecule has 0 saturated heterocycles. The van der Waals surface area contributed by atoms with Gasteiger partial charge in [-0.05, 0) is 30.3 Å². The summed E-state index contributed by atoms with van der Waals surface area (Å²) in [6.07, 6.45) is -1.24. The average molecular weight is 268 g/mol. The first-order valence-corrected chi connectivity index (χ1v) is 5.49. The van der Waals surface area contributed by atoms with E-state index in [-0.39, 0.29) is 5.69 Å². The van der Waals surface area contributed by atoms with E-state index in [1.54, 1.807) is 29.9 Å². The SMILES string of the molecule is Cn1cccc1C(=O)Nc1ccc(F)c(C(F)F)c1. The zero-order chi connectivity index (χ0) is 14.0. The molecule has 0 aliphatic heterocycles. The summed E-state index contributed by atoms with van der Waals surface area (Å²) in [5.41, 5.74) is -0.226. The third-order valence-electron chi connectivity index (χ3n) is 2.67. The summed E-state index contributed by atoms with van der Waals surface area (Å²) in [5, 5.41) is 2.45. The topological polar surface area (TPSA) is 34.0 Å². The Morgan fingerprint density at radius 3 is 2.63 bits per heavy atom. The van der Waals surface area contributed by atoms with Crippen LogP contribution in [0.5, 0.6) is 0 Å². The minimum absolute atomic E-state index is 0.128. The van der Waals surface area contributed by atoms with Gasteiger partial charge in [0.2, 0.25) is 0 Å². The van der Waals surface area contributed by atoms with Crippen molar-refractivity contribution in [2.75, 3.05) is 5.32 Å². The largest absolute Gasteiger partial charge is 0.347 e. The fourth-order valence-electron chi connectivity index (χ4n) is 1.68. The predicted octanol–water partition coefficient (Wildman–Crippen LogP) is 3.35. The molecule has 1 amide bonds. The van der Waals surface area contributed by atoms with Crippen LogP contribution in [0.25, 0.3) is 0 Å². The number of rotatable bonds is 3. The highest BCUT2D eigenvalue weighted by molar-refractivity contribution is 6.03. The van der Waals surface area contributed by atoms with E-state index in [4.69, 9.17) is 0 Å². The Labute approximate surface area is 107 Å². The number of carbonyl (C=O) groups excluding carboxylic acids is 1. The monoisotopic (exact) mass is 268 g/mol. The second kappa shape index (κ2) is 5.17. The van der Waals surface area contributed by atoms with Gasteiger partial charge in [-0.1, -0.05) is 0 Å². The van der Waals surface area contributed by atoms with Crippen LogP contribution in [0.3, 0.4) is 0 Å². The average Bonchev–Trinajstić information content (AvgIpc) is 2.77. The molecule has 0 saturated carbocycles. The Bertz CT molecular complexity index is 608. The summed E-state index contributed by atoms with van der Waals surface area (Å²) >= 11 is 0. The molecule has 100 valence electrons. The molecule has 0 aliphatic carbocycles. The molecule has 0 fully saturated rings. The molecule has 0 aliphatic rings. The molecule has 0 atom stereocenters. The lowest BCUT2D eigenvalue weighted by Crippen LogP contribution is -2.15. The van der Waals surface area contributed by atoms with Crippen molar-refractivity contribution in [3.8, 4) is 0 Å². The van der Waals surface area contributed by atoms with Crippen molar-refractivity contribution in [3.63, 3.8) is 0 Å². The van der Waals surface area contributed by atoms with Crippen LogP contribution in [0, 0.1) is 5.82 Å². The van der Waals surface area contributed by atoms with Crippen molar-refractivity contribution >= 4 is 11.6 Å². The summed E-state index contributed by atoms with van der Waals surface area (Å²) in [5.74, 6) is -1.44. The van der Waals surface area contributed by atoms with Crippen molar-refractivity contribution in [2.45, 2.75) is 6.43 Å². The number of alkyl halides is 2. The minimum atomic E-state index is -2.92. The third kappa shape index (κ3) is 2.78. The Kier molecular flexibility index (Phi) is 3.59. The van der Waals surface area contributed by atoms with Crippen molar-refractivity contribution in [2.24, 2.45) is 7.05 Å².